The van der Waals surface area contributed by atoms with Crippen molar-refractivity contribution in [3.63, 3.8) is 0 Å². The lowest BCUT2D eigenvalue weighted by Gasteiger charge is -2.45. The second kappa shape index (κ2) is 27.6. The molecule has 0 radical (unpaired) electrons. The Hall–Kier alpha value is -4.10. The highest BCUT2D eigenvalue weighted by atomic mass is 31.2. The maximum absolute atomic E-state index is 12.8. The van der Waals surface area contributed by atoms with Crippen molar-refractivity contribution in [2.45, 2.75) is 170 Å². The summed E-state index contributed by atoms with van der Waals surface area (Å²) in [7, 11) is -4.64. The van der Waals surface area contributed by atoms with E-state index in [2.05, 4.69) is 94.6 Å². The molecule has 3 saturated heterocycles. The van der Waals surface area contributed by atoms with Crippen molar-refractivity contribution in [3.8, 4) is 0 Å². The number of phosphoric acid groups is 1. The SMILES string of the molecule is CCOC(=O)C(C)CCOP(N(C(C)C)C(C)C)N(C(C)C)C(C)C.CCOC(=O)C(C)CCOP1(=O)OC[C@@H]2O[C@H](n3cnc4c(N)ncnc43)C[C@H]2O1.Nc1ncnc2c1ncn2[C@@H]1C[C@@H](O)[C@H](CO)O1. The predicted octanol–water partition coefficient (Wildman–Crippen LogP) is 5.93. The quantitative estimate of drug-likeness (QED) is 0.0555. The number of carbonyl (C=O) groups excluding carboxylic acids is 2. The van der Waals surface area contributed by atoms with Gasteiger partial charge in [0.2, 0.25) is 0 Å². The smallest absolute Gasteiger partial charge is 0.466 e. The van der Waals surface area contributed by atoms with E-state index in [1.54, 1.807) is 35.6 Å². The van der Waals surface area contributed by atoms with Gasteiger partial charge in [-0.1, -0.05) is 13.8 Å². The van der Waals surface area contributed by atoms with Gasteiger partial charge in [0, 0.05) is 37.0 Å². The zero-order valence-electron chi connectivity index (χ0n) is 44.2. The highest BCUT2D eigenvalue weighted by Gasteiger charge is 2.48. The Morgan fingerprint density at radius 3 is 1.67 bits per heavy atom. The maximum Gasteiger partial charge on any atom is 0.475 e. The summed E-state index contributed by atoms with van der Waals surface area (Å²) in [5, 5.41) is 18.8. The molecule has 6 N–H and O–H groups in total. The minimum absolute atomic E-state index is 0.0429. The number of esters is 2. The summed E-state index contributed by atoms with van der Waals surface area (Å²) in [6.45, 7) is 26.2. The molecule has 0 aliphatic carbocycles. The number of imidazole rings is 2. The molecule has 9 atom stereocenters. The summed E-state index contributed by atoms with van der Waals surface area (Å²) in [5.41, 5.74) is 13.6. The minimum atomic E-state index is -3.75. The van der Waals surface area contributed by atoms with Gasteiger partial charge in [0.25, 0.3) is 0 Å². The number of ether oxygens (including phenoxy) is 4. The van der Waals surface area contributed by atoms with Crippen LogP contribution in [0.25, 0.3) is 22.3 Å². The van der Waals surface area contributed by atoms with Crippen LogP contribution in [-0.4, -0.2) is 159 Å². The van der Waals surface area contributed by atoms with Gasteiger partial charge in [-0.25, -0.2) is 43.8 Å². The Morgan fingerprint density at radius 2 is 1.22 bits per heavy atom. The first kappa shape index (κ1) is 59.8. The predicted molar refractivity (Wildman–Crippen MR) is 272 cm³/mol. The highest BCUT2D eigenvalue weighted by Crippen LogP contribution is 2.57. The molecule has 3 aliphatic rings. The number of anilines is 2. The van der Waals surface area contributed by atoms with Crippen molar-refractivity contribution in [1.29, 1.82) is 0 Å². The Labute approximate surface area is 428 Å². The maximum atomic E-state index is 12.8. The topological polar surface area (TPSA) is 311 Å². The molecule has 4 aromatic heterocycles. The molecule has 0 aromatic carbocycles. The lowest BCUT2D eigenvalue weighted by atomic mass is 10.1. The molecule has 3 aliphatic heterocycles. The molecule has 27 heteroatoms. The van der Waals surface area contributed by atoms with Gasteiger partial charge < -0.3 is 45.2 Å². The average Bonchev–Trinajstić information content (AvgIpc) is 4.14. The molecule has 0 bridgehead atoms. The van der Waals surface area contributed by atoms with E-state index in [1.165, 1.54) is 12.7 Å². The number of hydrogen-bond donors (Lipinski definition) is 4. The number of fused-ring (bicyclic) bond motifs is 3. The van der Waals surface area contributed by atoms with Crippen LogP contribution in [0, 0.1) is 11.8 Å². The van der Waals surface area contributed by atoms with Crippen molar-refractivity contribution in [2.24, 2.45) is 11.8 Å². The molecule has 0 saturated carbocycles. The molecule has 7 heterocycles. The van der Waals surface area contributed by atoms with Gasteiger partial charge in [-0.3, -0.25) is 32.3 Å². The zero-order chi connectivity index (χ0) is 53.7. The van der Waals surface area contributed by atoms with Crippen LogP contribution in [0.2, 0.25) is 0 Å². The van der Waals surface area contributed by atoms with Crippen LogP contribution < -0.4 is 11.5 Å². The fourth-order valence-electron chi connectivity index (χ4n) is 8.47. The average molecular weight is 1070 g/mol. The number of aromatic nitrogens is 8. The van der Waals surface area contributed by atoms with Crippen molar-refractivity contribution in [3.05, 3.63) is 25.3 Å². The Balaban J connectivity index is 0.000000209. The van der Waals surface area contributed by atoms with Gasteiger partial charge >= 0.3 is 19.8 Å². The van der Waals surface area contributed by atoms with Crippen molar-refractivity contribution < 1.29 is 61.4 Å². The van der Waals surface area contributed by atoms with Crippen LogP contribution in [0.1, 0.15) is 121 Å². The van der Waals surface area contributed by atoms with Crippen LogP contribution in [-0.2, 0) is 51.2 Å². The molecule has 7 rings (SSSR count). The third-order valence-electron chi connectivity index (χ3n) is 12.1. The summed E-state index contributed by atoms with van der Waals surface area (Å²) < 4.78 is 65.5. The molecule has 0 amide bonds. The summed E-state index contributed by atoms with van der Waals surface area (Å²) in [4.78, 5) is 48.0. The lowest BCUT2D eigenvalue weighted by Crippen LogP contribution is -2.43. The molecule has 0 spiro atoms. The molecule has 3 fully saturated rings. The summed E-state index contributed by atoms with van der Waals surface area (Å²) in [6.07, 6.45) is 4.65. The van der Waals surface area contributed by atoms with Gasteiger partial charge in [0.1, 0.15) is 54.5 Å². The van der Waals surface area contributed by atoms with Gasteiger partial charge in [0.15, 0.2) is 31.4 Å². The number of hydrogen-bond acceptors (Lipinski definition) is 23. The minimum Gasteiger partial charge on any atom is -0.466 e. The third-order valence-corrected chi connectivity index (χ3v) is 16.6. The zero-order valence-corrected chi connectivity index (χ0v) is 46.0. The lowest BCUT2D eigenvalue weighted by molar-refractivity contribution is -0.148. The van der Waals surface area contributed by atoms with E-state index in [-0.39, 0.29) is 49.4 Å². The Morgan fingerprint density at radius 1 is 0.740 bits per heavy atom. The molecule has 3 unspecified atom stereocenters. The van der Waals surface area contributed by atoms with E-state index in [4.69, 9.17) is 53.6 Å². The summed E-state index contributed by atoms with van der Waals surface area (Å²) >= 11 is 0. The van der Waals surface area contributed by atoms with E-state index in [9.17, 15) is 19.3 Å². The van der Waals surface area contributed by atoms with Gasteiger partial charge in [-0.05, 0) is 82.1 Å². The largest absolute Gasteiger partial charge is 0.475 e. The molecular weight excluding hydrogens is 991 g/mol. The van der Waals surface area contributed by atoms with E-state index < -0.39 is 53.1 Å². The van der Waals surface area contributed by atoms with Gasteiger partial charge in [-0.15, -0.1) is 0 Å². The number of aliphatic hydroxyl groups is 2. The number of nitrogens with zero attached hydrogens (tertiary/aromatic N) is 10. The number of nitrogens with two attached hydrogens (primary N) is 2. The molecule has 25 nitrogen and oxygen atoms in total. The fraction of sp³-hybridized carbons (Fsp3) is 0.739. The summed E-state index contributed by atoms with van der Waals surface area (Å²) in [6, 6.07) is 1.59. The first-order valence-electron chi connectivity index (χ1n) is 25.0. The van der Waals surface area contributed by atoms with Crippen molar-refractivity contribution >= 4 is 62.2 Å². The number of nitrogen functional groups attached to an aromatic ring is 2. The molecule has 410 valence electrons. The third kappa shape index (κ3) is 15.5. The van der Waals surface area contributed by atoms with E-state index >= 15 is 0 Å². The Kier molecular flexibility index (Phi) is 22.6. The highest BCUT2D eigenvalue weighted by molar-refractivity contribution is 7.48. The van der Waals surface area contributed by atoms with Crippen molar-refractivity contribution in [2.75, 3.05) is 51.1 Å². The fourth-order valence-corrected chi connectivity index (χ4v) is 12.2. The number of aliphatic hydroxyl groups excluding tert-OH is 2. The van der Waals surface area contributed by atoms with E-state index in [0.29, 0.717) is 97.8 Å². The van der Waals surface area contributed by atoms with Crippen LogP contribution in [0.15, 0.2) is 25.3 Å². The molecule has 73 heavy (non-hydrogen) atoms. The van der Waals surface area contributed by atoms with E-state index in [0.717, 1.165) is 0 Å². The summed E-state index contributed by atoms with van der Waals surface area (Å²) in [5.74, 6) is -0.384. The number of carbonyl (C=O) groups is 2. The standard InChI is InChI=1S/C19H41N2O3P.C17H24N5O7P.C10H13N5O3/c1-11-23-19(22)18(10)12-13-24-25(20(14(2)3)15(4)5)21(16(6)7)17(8)9;1-3-25-17(23)10(2)4-5-26-30(24)27-7-12-11(29-30)6-13(28-12)22-9-21-14-15(18)19-8-20-16(14)22;11-9-8-10(13-3-12-9)15(4-14-8)7-1-5(17)6(2-16)18-7/h14-18H,11-13H2,1-10H3;8-13H,3-7H2,1-2H3,(H2,18,19,20);3-7,16-17H,1-2H2,(H2,11,12,13)/t;10?,11-,12+,13+,30?;5-,6+,7+/m.11/s1. The molecule has 4 aromatic rings. The van der Waals surface area contributed by atoms with Crippen LogP contribution in [0.4, 0.5) is 11.6 Å². The van der Waals surface area contributed by atoms with Gasteiger partial charge in [-0.2, -0.15) is 0 Å². The number of phosphoric ester groups is 1. The van der Waals surface area contributed by atoms with Crippen molar-refractivity contribution in [1.82, 2.24) is 48.4 Å². The van der Waals surface area contributed by atoms with Crippen LogP contribution >= 0.6 is 16.3 Å². The van der Waals surface area contributed by atoms with Crippen LogP contribution in [0.5, 0.6) is 0 Å². The monoisotopic (exact) mass is 1070 g/mol. The van der Waals surface area contributed by atoms with Crippen LogP contribution in [0.3, 0.4) is 0 Å². The normalized spacial score (nSPS) is 23.8. The van der Waals surface area contributed by atoms with Gasteiger partial charge in [0.05, 0.1) is 70.2 Å². The Bertz CT molecular complexity index is 2380. The second-order valence-corrected chi connectivity index (χ2v) is 22.3. The first-order chi connectivity index (χ1) is 34.6. The van der Waals surface area contributed by atoms with E-state index in [1.807, 2.05) is 13.8 Å². The number of rotatable bonds is 21. The first-order valence-corrected chi connectivity index (χ1v) is 27.6. The molecular formula is C46H78N12O13P2. The second-order valence-electron chi connectivity index (χ2n) is 19.0.